The van der Waals surface area contributed by atoms with Crippen LogP contribution in [0.5, 0.6) is 0 Å². The Kier molecular flexibility index (Phi) is 7.77. The van der Waals surface area contributed by atoms with Gasteiger partial charge in [-0.05, 0) is 71.3 Å². The lowest BCUT2D eigenvalue weighted by molar-refractivity contribution is -0.146. The van der Waals surface area contributed by atoms with E-state index in [0.29, 0.717) is 12.8 Å². The van der Waals surface area contributed by atoms with Crippen molar-refractivity contribution in [3.05, 3.63) is 28.5 Å². The number of thiazole rings is 1. The summed E-state index contributed by atoms with van der Waals surface area (Å²) >= 11 is 0.728. The summed E-state index contributed by atoms with van der Waals surface area (Å²) < 4.78 is 69.4. The first-order valence-electron chi connectivity index (χ1n) is 13.6. The minimum absolute atomic E-state index is 0.00414. The zero-order valence-electron chi connectivity index (χ0n) is 22.8. The molecule has 5 rings (SSSR count). The summed E-state index contributed by atoms with van der Waals surface area (Å²) in [7, 11) is 0. The fourth-order valence-electron chi connectivity index (χ4n) is 5.52. The standard InChI is InChI=1S/C27H32F5N5O3S/c1-12(26(2,3)40)34-23(38)24-36-19(25(39)37-14-6-7-15(37)9-8-14)20(41-24)17-11-33-18(10-16(17)22(28)29)35-21(13-4-5-13)27(30,31)32/h10-15,21-22,40H,4-9H2,1-3H3,(H,33,35)(H,34,38)/t12?,14?,15?,21-/m0/s1. The molecule has 2 bridgehead atoms. The largest absolute Gasteiger partial charge is 0.408 e. The molecule has 14 heteroatoms. The van der Waals surface area contributed by atoms with Gasteiger partial charge in [-0.25, -0.2) is 18.7 Å². The highest BCUT2D eigenvalue weighted by Gasteiger charge is 2.49. The Morgan fingerprint density at radius 1 is 1.10 bits per heavy atom. The molecule has 3 aliphatic rings. The summed E-state index contributed by atoms with van der Waals surface area (Å²) in [4.78, 5) is 36.8. The molecule has 2 amide bonds. The molecule has 41 heavy (non-hydrogen) atoms. The van der Waals surface area contributed by atoms with Gasteiger partial charge in [-0.1, -0.05) is 0 Å². The number of halogens is 5. The van der Waals surface area contributed by atoms with E-state index in [-0.39, 0.29) is 39.0 Å². The van der Waals surface area contributed by atoms with E-state index in [1.165, 1.54) is 13.8 Å². The number of alkyl halides is 5. The van der Waals surface area contributed by atoms with Gasteiger partial charge < -0.3 is 20.6 Å². The van der Waals surface area contributed by atoms with Crippen LogP contribution in [-0.4, -0.2) is 67.7 Å². The maximum atomic E-state index is 14.4. The lowest BCUT2D eigenvalue weighted by Crippen LogP contribution is -2.47. The Morgan fingerprint density at radius 3 is 2.22 bits per heavy atom. The number of nitrogens with zero attached hydrogens (tertiary/aromatic N) is 3. The molecule has 3 fully saturated rings. The Bertz CT molecular complexity index is 1300. The van der Waals surface area contributed by atoms with Crippen LogP contribution < -0.4 is 10.6 Å². The molecule has 8 nitrogen and oxygen atoms in total. The molecule has 2 aliphatic heterocycles. The average Bonchev–Trinajstić information content (AvgIpc) is 3.31. The predicted molar refractivity (Wildman–Crippen MR) is 142 cm³/mol. The highest BCUT2D eigenvalue weighted by molar-refractivity contribution is 7.17. The second kappa shape index (κ2) is 10.8. The van der Waals surface area contributed by atoms with Crippen molar-refractivity contribution < 1.29 is 36.6 Å². The van der Waals surface area contributed by atoms with Crippen LogP contribution in [0.3, 0.4) is 0 Å². The topological polar surface area (TPSA) is 107 Å². The number of pyridine rings is 1. The van der Waals surface area contributed by atoms with Crippen LogP contribution in [0.25, 0.3) is 10.4 Å². The first-order chi connectivity index (χ1) is 19.1. The third kappa shape index (κ3) is 6.04. The van der Waals surface area contributed by atoms with Gasteiger partial charge in [-0.3, -0.25) is 9.59 Å². The van der Waals surface area contributed by atoms with Crippen molar-refractivity contribution in [3.63, 3.8) is 0 Å². The summed E-state index contributed by atoms with van der Waals surface area (Å²) in [5.74, 6) is -2.19. The van der Waals surface area contributed by atoms with Crippen molar-refractivity contribution in [1.82, 2.24) is 20.2 Å². The molecule has 2 aromatic heterocycles. The Labute approximate surface area is 237 Å². The molecular formula is C27H32F5N5O3S. The molecule has 0 radical (unpaired) electrons. The average molecular weight is 602 g/mol. The van der Waals surface area contributed by atoms with Crippen molar-refractivity contribution in [3.8, 4) is 10.4 Å². The van der Waals surface area contributed by atoms with Crippen LogP contribution in [0.1, 0.15) is 91.6 Å². The zero-order valence-corrected chi connectivity index (χ0v) is 23.6. The molecule has 1 unspecified atom stereocenters. The van der Waals surface area contributed by atoms with Gasteiger partial charge in [0.2, 0.25) is 0 Å². The quantitative estimate of drug-likeness (QED) is 0.326. The normalized spacial score (nSPS) is 22.2. The number of hydrogen-bond acceptors (Lipinski definition) is 7. The lowest BCUT2D eigenvalue weighted by Gasteiger charge is -2.26. The van der Waals surface area contributed by atoms with E-state index in [1.54, 1.807) is 11.8 Å². The highest BCUT2D eigenvalue weighted by Crippen LogP contribution is 2.44. The maximum absolute atomic E-state index is 14.4. The van der Waals surface area contributed by atoms with Crippen molar-refractivity contribution in [1.29, 1.82) is 0 Å². The lowest BCUT2D eigenvalue weighted by atomic mass is 10.0. The highest BCUT2D eigenvalue weighted by atomic mass is 32.1. The van der Waals surface area contributed by atoms with Gasteiger partial charge in [0.25, 0.3) is 18.2 Å². The van der Waals surface area contributed by atoms with Gasteiger partial charge in [-0.2, -0.15) is 13.2 Å². The van der Waals surface area contributed by atoms with Gasteiger partial charge in [0.15, 0.2) is 5.01 Å². The van der Waals surface area contributed by atoms with Gasteiger partial charge in [0.1, 0.15) is 17.6 Å². The van der Waals surface area contributed by atoms with Gasteiger partial charge in [0.05, 0.1) is 16.5 Å². The van der Waals surface area contributed by atoms with Crippen LogP contribution in [0, 0.1) is 5.92 Å². The third-order valence-electron chi connectivity index (χ3n) is 8.28. The minimum Gasteiger partial charge on any atom is -0.388 e. The van der Waals surface area contributed by atoms with Gasteiger partial charge in [-0.15, -0.1) is 11.3 Å². The fraction of sp³-hybridized carbons (Fsp3) is 0.630. The third-order valence-corrected chi connectivity index (χ3v) is 9.37. The number of rotatable bonds is 9. The van der Waals surface area contributed by atoms with Crippen LogP contribution in [0.4, 0.5) is 27.8 Å². The Balaban J connectivity index is 1.54. The summed E-state index contributed by atoms with van der Waals surface area (Å²) in [6.45, 7) is 4.60. The zero-order chi connectivity index (χ0) is 29.9. The van der Waals surface area contributed by atoms with Crippen molar-refractivity contribution in [2.24, 2.45) is 5.92 Å². The smallest absolute Gasteiger partial charge is 0.388 e. The first kappa shape index (κ1) is 29.6. The summed E-state index contributed by atoms with van der Waals surface area (Å²) in [5.41, 5.74) is -2.25. The van der Waals surface area contributed by atoms with E-state index >= 15 is 0 Å². The SMILES string of the molecule is CC(NC(=O)c1nc(C(=O)N2C3CCC2CC3)c(-c2cnc(N[C@@H](C3CC3)C(F)(F)F)cc2C(F)F)s1)C(C)(C)O. The maximum Gasteiger partial charge on any atom is 0.408 e. The Morgan fingerprint density at radius 2 is 1.71 bits per heavy atom. The van der Waals surface area contributed by atoms with Crippen LogP contribution in [-0.2, 0) is 0 Å². The van der Waals surface area contributed by atoms with Crippen LogP contribution in [0.2, 0.25) is 0 Å². The molecule has 3 N–H and O–H groups in total. The molecule has 2 saturated heterocycles. The molecule has 1 aliphatic carbocycles. The van der Waals surface area contributed by atoms with E-state index in [1.807, 2.05) is 0 Å². The van der Waals surface area contributed by atoms with E-state index in [4.69, 9.17) is 0 Å². The fourth-order valence-corrected chi connectivity index (χ4v) is 6.51. The molecule has 0 aromatic carbocycles. The molecule has 0 spiro atoms. The van der Waals surface area contributed by atoms with Gasteiger partial charge >= 0.3 is 6.18 Å². The molecular weight excluding hydrogens is 569 g/mol. The van der Waals surface area contributed by atoms with Crippen molar-refractivity contribution in [2.45, 2.75) is 102 Å². The predicted octanol–water partition coefficient (Wildman–Crippen LogP) is 5.55. The van der Waals surface area contributed by atoms with E-state index in [2.05, 4.69) is 20.6 Å². The Hall–Kier alpha value is -2.87. The van der Waals surface area contributed by atoms with Crippen LogP contribution >= 0.6 is 11.3 Å². The number of hydrogen-bond donors (Lipinski definition) is 3. The number of carbonyl (C=O) groups excluding carboxylic acids is 2. The van der Waals surface area contributed by atoms with E-state index in [0.717, 1.165) is 49.3 Å². The second-order valence-corrected chi connectivity index (χ2v) is 12.7. The number of nitrogens with one attached hydrogen (secondary N) is 2. The summed E-state index contributed by atoms with van der Waals surface area (Å²) in [6.07, 6.45) is -2.67. The summed E-state index contributed by atoms with van der Waals surface area (Å²) in [6, 6.07) is -1.76. The number of aromatic nitrogens is 2. The molecule has 1 saturated carbocycles. The molecule has 2 atom stereocenters. The van der Waals surface area contributed by atoms with Gasteiger partial charge in [0, 0.05) is 29.4 Å². The second-order valence-electron chi connectivity index (χ2n) is 11.7. The summed E-state index contributed by atoms with van der Waals surface area (Å²) in [5, 5.41) is 15.0. The minimum atomic E-state index is -4.58. The number of carbonyl (C=O) groups is 2. The van der Waals surface area contributed by atoms with Crippen molar-refractivity contribution >= 4 is 29.0 Å². The molecule has 224 valence electrons. The van der Waals surface area contributed by atoms with Crippen LogP contribution in [0.15, 0.2) is 12.3 Å². The van der Waals surface area contributed by atoms with Crippen molar-refractivity contribution in [2.75, 3.05) is 5.32 Å². The molecule has 2 aromatic rings. The first-order valence-corrected chi connectivity index (χ1v) is 14.4. The van der Waals surface area contributed by atoms with E-state index < -0.39 is 53.6 Å². The number of amides is 2. The number of fused-ring (bicyclic) bond motifs is 2. The number of aliphatic hydroxyl groups is 1. The monoisotopic (exact) mass is 601 g/mol. The molecule has 4 heterocycles. The number of anilines is 1. The van der Waals surface area contributed by atoms with E-state index in [9.17, 15) is 36.6 Å².